The van der Waals surface area contributed by atoms with Crippen LogP contribution in [-0.4, -0.2) is 15.0 Å². The topological polar surface area (TPSA) is 38.7 Å². The zero-order chi connectivity index (χ0) is 32.1. The van der Waals surface area contributed by atoms with E-state index in [0.717, 1.165) is 44.5 Å². The minimum atomic E-state index is 0.637. The molecule has 0 N–H and O–H groups in total. The fourth-order valence-corrected chi connectivity index (χ4v) is 5.97. The Hall–Kier alpha value is -6.45. The van der Waals surface area contributed by atoms with Crippen molar-refractivity contribution >= 4 is 0 Å². The third kappa shape index (κ3) is 6.18. The quantitative estimate of drug-likeness (QED) is 0.179. The van der Waals surface area contributed by atoms with Crippen molar-refractivity contribution in [3.05, 3.63) is 188 Å². The maximum atomic E-state index is 5.02. The molecule has 0 amide bonds. The molecule has 0 fully saturated rings. The first-order valence-corrected chi connectivity index (χ1v) is 16.1. The Morgan fingerprint density at radius 1 is 0.188 bits per heavy atom. The molecule has 3 nitrogen and oxygen atoms in total. The highest BCUT2D eigenvalue weighted by atomic mass is 15.0. The van der Waals surface area contributed by atoms with Crippen LogP contribution in [0.1, 0.15) is 0 Å². The van der Waals surface area contributed by atoms with Gasteiger partial charge in [-0.05, 0) is 50.6 Å². The van der Waals surface area contributed by atoms with Gasteiger partial charge in [-0.3, -0.25) is 0 Å². The second-order valence-corrected chi connectivity index (χ2v) is 11.7. The van der Waals surface area contributed by atoms with Crippen molar-refractivity contribution in [2.24, 2.45) is 0 Å². The number of hydrogen-bond donors (Lipinski definition) is 0. The van der Waals surface area contributed by atoms with Gasteiger partial charge in [-0.15, -0.1) is 0 Å². The smallest absolute Gasteiger partial charge is 0.164 e. The van der Waals surface area contributed by atoms with Crippen LogP contribution in [0.4, 0.5) is 0 Å². The Kier molecular flexibility index (Phi) is 7.92. The van der Waals surface area contributed by atoms with Gasteiger partial charge in [0.2, 0.25) is 0 Å². The number of nitrogens with zero attached hydrogens (tertiary/aromatic N) is 3. The van der Waals surface area contributed by atoms with Crippen molar-refractivity contribution in [2.75, 3.05) is 0 Å². The summed E-state index contributed by atoms with van der Waals surface area (Å²) in [6.45, 7) is 0. The predicted molar refractivity (Wildman–Crippen MR) is 198 cm³/mol. The van der Waals surface area contributed by atoms with Gasteiger partial charge >= 0.3 is 0 Å². The molecule has 8 rings (SSSR count). The molecule has 7 aromatic carbocycles. The van der Waals surface area contributed by atoms with Crippen molar-refractivity contribution in [3.8, 4) is 78.7 Å². The SMILES string of the molecule is c1ccc(-c2ccc(-c3ccc(-c4nc(-c5ccc(-c6ccccc6)cc5)nc(-c5cccc(-c6ccccc6)c5)n4)cc3)cc2)cc1. The highest BCUT2D eigenvalue weighted by Crippen LogP contribution is 2.31. The molecule has 0 saturated heterocycles. The van der Waals surface area contributed by atoms with Crippen molar-refractivity contribution < 1.29 is 0 Å². The van der Waals surface area contributed by atoms with Gasteiger partial charge in [-0.25, -0.2) is 15.0 Å². The van der Waals surface area contributed by atoms with E-state index >= 15 is 0 Å². The normalized spacial score (nSPS) is 10.9. The van der Waals surface area contributed by atoms with Crippen LogP contribution in [0, 0.1) is 0 Å². The van der Waals surface area contributed by atoms with E-state index in [9.17, 15) is 0 Å². The second-order valence-electron chi connectivity index (χ2n) is 11.7. The lowest BCUT2D eigenvalue weighted by molar-refractivity contribution is 1.07. The highest BCUT2D eigenvalue weighted by molar-refractivity contribution is 5.75. The molecule has 0 aliphatic carbocycles. The fraction of sp³-hybridized carbons (Fsp3) is 0. The van der Waals surface area contributed by atoms with E-state index in [1.165, 1.54) is 16.7 Å². The summed E-state index contributed by atoms with van der Waals surface area (Å²) in [5.74, 6) is 1.92. The van der Waals surface area contributed by atoms with E-state index in [-0.39, 0.29) is 0 Å². The molecule has 226 valence electrons. The Morgan fingerprint density at radius 3 is 0.812 bits per heavy atom. The van der Waals surface area contributed by atoms with Crippen molar-refractivity contribution in [2.45, 2.75) is 0 Å². The summed E-state index contributed by atoms with van der Waals surface area (Å²) in [5, 5.41) is 0. The van der Waals surface area contributed by atoms with Gasteiger partial charge in [0.1, 0.15) is 0 Å². The summed E-state index contributed by atoms with van der Waals surface area (Å²) in [6.07, 6.45) is 0. The zero-order valence-corrected chi connectivity index (χ0v) is 26.2. The third-order valence-corrected chi connectivity index (χ3v) is 8.58. The molecular formula is C45H31N3. The minimum Gasteiger partial charge on any atom is -0.208 e. The molecule has 0 spiro atoms. The molecule has 3 heteroatoms. The van der Waals surface area contributed by atoms with Gasteiger partial charge in [0, 0.05) is 16.7 Å². The summed E-state index contributed by atoms with van der Waals surface area (Å²) in [4.78, 5) is 15.0. The van der Waals surface area contributed by atoms with Crippen LogP contribution in [0.2, 0.25) is 0 Å². The van der Waals surface area contributed by atoms with Crippen LogP contribution < -0.4 is 0 Å². The molecule has 8 aromatic rings. The summed E-state index contributed by atoms with van der Waals surface area (Å²) >= 11 is 0. The first-order valence-electron chi connectivity index (χ1n) is 16.1. The molecule has 0 atom stereocenters. The van der Waals surface area contributed by atoms with Crippen LogP contribution in [0.3, 0.4) is 0 Å². The largest absolute Gasteiger partial charge is 0.208 e. The number of benzene rings is 7. The molecule has 0 radical (unpaired) electrons. The minimum absolute atomic E-state index is 0.637. The Bertz CT molecular complexity index is 2280. The Morgan fingerprint density at radius 2 is 0.438 bits per heavy atom. The van der Waals surface area contributed by atoms with Gasteiger partial charge in [0.05, 0.1) is 0 Å². The molecular weight excluding hydrogens is 583 g/mol. The van der Waals surface area contributed by atoms with E-state index in [1.807, 2.05) is 18.2 Å². The number of hydrogen-bond acceptors (Lipinski definition) is 3. The lowest BCUT2D eigenvalue weighted by Crippen LogP contribution is -2.00. The molecule has 0 unspecified atom stereocenters. The van der Waals surface area contributed by atoms with Gasteiger partial charge < -0.3 is 0 Å². The molecule has 0 saturated carbocycles. The number of rotatable bonds is 7. The molecule has 0 bridgehead atoms. The molecule has 0 aliphatic heterocycles. The lowest BCUT2D eigenvalue weighted by Gasteiger charge is -2.11. The molecule has 0 aliphatic rings. The van der Waals surface area contributed by atoms with Gasteiger partial charge in [0.15, 0.2) is 17.5 Å². The standard InChI is InChI=1S/C45H31N3/c1-4-11-32(12-5-1)35-19-21-37(22-20-35)38-25-29-40(30-26-38)44-46-43(39-27-23-36(24-28-39)33-13-6-2-7-14-33)47-45(48-44)42-18-10-17-41(31-42)34-15-8-3-9-16-34/h1-31H. The third-order valence-electron chi connectivity index (χ3n) is 8.58. The molecule has 48 heavy (non-hydrogen) atoms. The summed E-state index contributed by atoms with van der Waals surface area (Å²) in [7, 11) is 0. The summed E-state index contributed by atoms with van der Waals surface area (Å²) < 4.78 is 0. The Labute approximate surface area is 280 Å². The van der Waals surface area contributed by atoms with Crippen LogP contribution >= 0.6 is 0 Å². The van der Waals surface area contributed by atoms with E-state index in [0.29, 0.717) is 17.5 Å². The average Bonchev–Trinajstić information content (AvgIpc) is 3.19. The maximum absolute atomic E-state index is 5.02. The van der Waals surface area contributed by atoms with Crippen LogP contribution in [-0.2, 0) is 0 Å². The second kappa shape index (κ2) is 13.1. The maximum Gasteiger partial charge on any atom is 0.164 e. The van der Waals surface area contributed by atoms with E-state index in [1.54, 1.807) is 0 Å². The van der Waals surface area contributed by atoms with Crippen LogP contribution in [0.15, 0.2) is 188 Å². The summed E-state index contributed by atoms with van der Waals surface area (Å²) in [5.41, 5.74) is 12.1. The predicted octanol–water partition coefficient (Wildman–Crippen LogP) is 11.5. The van der Waals surface area contributed by atoms with E-state index in [2.05, 4.69) is 170 Å². The van der Waals surface area contributed by atoms with Crippen molar-refractivity contribution in [3.63, 3.8) is 0 Å². The van der Waals surface area contributed by atoms with Crippen molar-refractivity contribution in [1.29, 1.82) is 0 Å². The fourth-order valence-electron chi connectivity index (χ4n) is 5.97. The summed E-state index contributed by atoms with van der Waals surface area (Å²) in [6, 6.07) is 65.2. The molecule has 1 heterocycles. The van der Waals surface area contributed by atoms with E-state index in [4.69, 9.17) is 15.0 Å². The van der Waals surface area contributed by atoms with E-state index < -0.39 is 0 Å². The number of aromatic nitrogens is 3. The zero-order valence-electron chi connectivity index (χ0n) is 26.2. The van der Waals surface area contributed by atoms with Crippen LogP contribution in [0.25, 0.3) is 78.7 Å². The van der Waals surface area contributed by atoms with Crippen LogP contribution in [0.5, 0.6) is 0 Å². The first-order chi connectivity index (χ1) is 23.8. The first kappa shape index (κ1) is 29.0. The van der Waals surface area contributed by atoms with Gasteiger partial charge in [0.25, 0.3) is 0 Å². The monoisotopic (exact) mass is 613 g/mol. The lowest BCUT2D eigenvalue weighted by atomic mass is 9.99. The Balaban J connectivity index is 1.16. The highest BCUT2D eigenvalue weighted by Gasteiger charge is 2.14. The van der Waals surface area contributed by atoms with Gasteiger partial charge in [-0.2, -0.15) is 0 Å². The van der Waals surface area contributed by atoms with Gasteiger partial charge in [-0.1, -0.05) is 182 Å². The van der Waals surface area contributed by atoms with Crippen molar-refractivity contribution in [1.82, 2.24) is 15.0 Å². The average molecular weight is 614 g/mol. The molecule has 1 aromatic heterocycles.